The Morgan fingerprint density at radius 1 is 1.31 bits per heavy atom. The molecule has 2 aliphatic heterocycles. The van der Waals surface area contributed by atoms with Crippen molar-refractivity contribution in [2.45, 2.75) is 68.7 Å². The van der Waals surface area contributed by atoms with Gasteiger partial charge in [-0.25, -0.2) is 0 Å². The van der Waals surface area contributed by atoms with Gasteiger partial charge >= 0.3 is 0 Å². The maximum atomic E-state index is 12.1. The van der Waals surface area contributed by atoms with Crippen molar-refractivity contribution in [2.24, 2.45) is 5.73 Å². The lowest BCUT2D eigenvalue weighted by Crippen LogP contribution is -2.56. The molecule has 3 unspecified atom stereocenters. The van der Waals surface area contributed by atoms with Crippen molar-refractivity contribution < 1.29 is 9.53 Å². The molecule has 1 saturated carbocycles. The molecule has 3 rings (SSSR count). The summed E-state index contributed by atoms with van der Waals surface area (Å²) < 4.78 is 5.73. The highest BCUT2D eigenvalue weighted by Gasteiger charge is 2.44. The summed E-state index contributed by atoms with van der Waals surface area (Å²) in [6.07, 6.45) is 7.69. The summed E-state index contributed by atoms with van der Waals surface area (Å²) in [6, 6.07) is 0.215. The molecule has 0 aromatic heterocycles. The number of amides is 1. The Labute approximate surface area is 95.9 Å². The van der Waals surface area contributed by atoms with Crippen LogP contribution < -0.4 is 11.1 Å². The molecule has 0 aromatic rings. The normalized spacial score (nSPS) is 40.2. The molecule has 2 heterocycles. The monoisotopic (exact) mass is 224 g/mol. The van der Waals surface area contributed by atoms with E-state index in [2.05, 4.69) is 5.32 Å². The Morgan fingerprint density at radius 2 is 2.06 bits per heavy atom. The molecule has 16 heavy (non-hydrogen) atoms. The van der Waals surface area contributed by atoms with Crippen LogP contribution in [0.4, 0.5) is 0 Å². The Balaban J connectivity index is 1.60. The van der Waals surface area contributed by atoms with Gasteiger partial charge in [-0.05, 0) is 32.1 Å². The molecule has 0 spiro atoms. The molecule has 0 radical (unpaired) electrons. The van der Waals surface area contributed by atoms with Gasteiger partial charge in [-0.1, -0.05) is 12.8 Å². The fraction of sp³-hybridized carbons (Fsp3) is 0.917. The number of hydrogen-bond acceptors (Lipinski definition) is 3. The Kier molecular flexibility index (Phi) is 2.44. The molecule has 3 fully saturated rings. The minimum Gasteiger partial charge on any atom is -0.373 e. The van der Waals surface area contributed by atoms with Crippen LogP contribution >= 0.6 is 0 Å². The van der Waals surface area contributed by atoms with Crippen molar-refractivity contribution in [3.05, 3.63) is 0 Å². The van der Waals surface area contributed by atoms with Crippen LogP contribution in [0.3, 0.4) is 0 Å². The van der Waals surface area contributed by atoms with E-state index in [1.807, 2.05) is 0 Å². The number of carbonyl (C=O) groups is 1. The molecule has 3 atom stereocenters. The summed E-state index contributed by atoms with van der Waals surface area (Å²) in [6.45, 7) is 0. The summed E-state index contributed by atoms with van der Waals surface area (Å²) in [5, 5.41) is 3.10. The highest BCUT2D eigenvalue weighted by molar-refractivity contribution is 5.86. The van der Waals surface area contributed by atoms with Crippen LogP contribution in [-0.4, -0.2) is 29.7 Å². The second-order valence-corrected chi connectivity index (χ2v) is 5.55. The van der Waals surface area contributed by atoms with E-state index in [4.69, 9.17) is 10.5 Å². The predicted molar refractivity (Wildman–Crippen MR) is 59.8 cm³/mol. The highest BCUT2D eigenvalue weighted by Crippen LogP contribution is 2.35. The fourth-order valence-electron chi connectivity index (χ4n) is 3.33. The third-order valence-electron chi connectivity index (χ3n) is 4.37. The first-order valence-corrected chi connectivity index (χ1v) is 6.43. The Hall–Kier alpha value is -0.610. The van der Waals surface area contributed by atoms with Crippen molar-refractivity contribution in [1.29, 1.82) is 0 Å². The van der Waals surface area contributed by atoms with Crippen LogP contribution in [-0.2, 0) is 9.53 Å². The maximum Gasteiger partial charge on any atom is 0.240 e. The van der Waals surface area contributed by atoms with E-state index in [1.54, 1.807) is 0 Å². The van der Waals surface area contributed by atoms with Crippen LogP contribution in [0.15, 0.2) is 0 Å². The zero-order valence-electron chi connectivity index (χ0n) is 9.58. The van der Waals surface area contributed by atoms with Crippen molar-refractivity contribution in [1.82, 2.24) is 5.32 Å². The van der Waals surface area contributed by atoms with Crippen LogP contribution in [0.2, 0.25) is 0 Å². The zero-order valence-corrected chi connectivity index (χ0v) is 9.58. The summed E-state index contributed by atoms with van der Waals surface area (Å²) in [5.74, 6) is 0.0474. The van der Waals surface area contributed by atoms with E-state index in [0.29, 0.717) is 6.10 Å². The molecule has 3 aliphatic rings. The molecule has 4 nitrogen and oxygen atoms in total. The summed E-state index contributed by atoms with van der Waals surface area (Å²) in [4.78, 5) is 12.1. The smallest absolute Gasteiger partial charge is 0.240 e. The van der Waals surface area contributed by atoms with Crippen molar-refractivity contribution in [3.8, 4) is 0 Å². The van der Waals surface area contributed by atoms with Gasteiger partial charge in [-0.3, -0.25) is 4.79 Å². The van der Waals surface area contributed by atoms with Crippen LogP contribution in [0.5, 0.6) is 0 Å². The molecule has 1 amide bonds. The summed E-state index contributed by atoms with van der Waals surface area (Å²) in [5.41, 5.74) is 5.53. The average molecular weight is 224 g/mol. The van der Waals surface area contributed by atoms with Gasteiger partial charge in [0.05, 0.1) is 23.8 Å². The molecule has 2 bridgehead atoms. The summed E-state index contributed by atoms with van der Waals surface area (Å²) in [7, 11) is 0. The fourth-order valence-corrected chi connectivity index (χ4v) is 3.33. The molecule has 2 saturated heterocycles. The number of fused-ring (bicyclic) bond motifs is 2. The number of hydrogen-bond donors (Lipinski definition) is 2. The topological polar surface area (TPSA) is 64.4 Å². The van der Waals surface area contributed by atoms with Gasteiger partial charge in [0.15, 0.2) is 0 Å². The minimum atomic E-state index is -0.595. The number of rotatable bonds is 2. The number of nitrogens with one attached hydrogen (secondary N) is 1. The van der Waals surface area contributed by atoms with E-state index < -0.39 is 5.54 Å². The molecule has 3 N–H and O–H groups in total. The molecule has 0 aromatic carbocycles. The lowest BCUT2D eigenvalue weighted by molar-refractivity contribution is -0.127. The van der Waals surface area contributed by atoms with Gasteiger partial charge in [0.25, 0.3) is 0 Å². The number of nitrogens with two attached hydrogens (primary N) is 1. The lowest BCUT2D eigenvalue weighted by Gasteiger charge is -2.27. The second kappa shape index (κ2) is 3.70. The quantitative estimate of drug-likeness (QED) is 0.725. The van der Waals surface area contributed by atoms with Gasteiger partial charge in [0, 0.05) is 0 Å². The lowest BCUT2D eigenvalue weighted by atomic mass is 9.93. The average Bonchev–Trinajstić information content (AvgIpc) is 2.93. The van der Waals surface area contributed by atoms with E-state index in [0.717, 1.165) is 44.9 Å². The van der Waals surface area contributed by atoms with E-state index >= 15 is 0 Å². The SMILES string of the molecule is NC1(C(=O)NC2CC3CCC2O3)CCCC1. The first kappa shape index (κ1) is 10.5. The molecular weight excluding hydrogens is 204 g/mol. The van der Waals surface area contributed by atoms with E-state index in [-0.39, 0.29) is 18.1 Å². The summed E-state index contributed by atoms with van der Waals surface area (Å²) >= 11 is 0. The number of ether oxygens (including phenoxy) is 1. The molecule has 90 valence electrons. The van der Waals surface area contributed by atoms with Crippen molar-refractivity contribution >= 4 is 5.91 Å². The van der Waals surface area contributed by atoms with Crippen molar-refractivity contribution in [3.63, 3.8) is 0 Å². The highest BCUT2D eigenvalue weighted by atomic mass is 16.5. The largest absolute Gasteiger partial charge is 0.373 e. The van der Waals surface area contributed by atoms with Crippen LogP contribution in [0.25, 0.3) is 0 Å². The zero-order chi connectivity index (χ0) is 11.2. The first-order chi connectivity index (χ1) is 7.67. The second-order valence-electron chi connectivity index (χ2n) is 5.55. The van der Waals surface area contributed by atoms with Gasteiger partial charge in [-0.15, -0.1) is 0 Å². The van der Waals surface area contributed by atoms with E-state index in [9.17, 15) is 4.79 Å². The first-order valence-electron chi connectivity index (χ1n) is 6.43. The maximum absolute atomic E-state index is 12.1. The van der Waals surface area contributed by atoms with E-state index in [1.165, 1.54) is 0 Å². The third kappa shape index (κ3) is 1.64. The molecular formula is C12H20N2O2. The van der Waals surface area contributed by atoms with Crippen molar-refractivity contribution in [2.75, 3.05) is 0 Å². The third-order valence-corrected chi connectivity index (χ3v) is 4.37. The minimum absolute atomic E-state index is 0.0474. The molecule has 1 aliphatic carbocycles. The van der Waals surface area contributed by atoms with Gasteiger partial charge in [0.2, 0.25) is 5.91 Å². The number of carbonyl (C=O) groups excluding carboxylic acids is 1. The van der Waals surface area contributed by atoms with Gasteiger partial charge < -0.3 is 15.8 Å². The Bertz CT molecular complexity index is 299. The van der Waals surface area contributed by atoms with Gasteiger partial charge in [0.1, 0.15) is 0 Å². The Morgan fingerprint density at radius 3 is 2.62 bits per heavy atom. The predicted octanol–water partition coefficient (Wildman–Crippen LogP) is 0.694. The van der Waals surface area contributed by atoms with Gasteiger partial charge in [-0.2, -0.15) is 0 Å². The van der Waals surface area contributed by atoms with Crippen LogP contribution in [0.1, 0.15) is 44.9 Å². The standard InChI is InChI=1S/C12H20N2O2/c13-12(5-1-2-6-12)11(15)14-9-7-8-3-4-10(9)16-8/h8-10H,1-7,13H2,(H,14,15). The molecule has 4 heteroatoms. The van der Waals surface area contributed by atoms with Crippen LogP contribution in [0, 0.1) is 0 Å².